The summed E-state index contributed by atoms with van der Waals surface area (Å²) < 4.78 is 7.71. The lowest BCUT2D eigenvalue weighted by Gasteiger charge is -2.11. The summed E-state index contributed by atoms with van der Waals surface area (Å²) in [5.41, 5.74) is 1.24. The standard InChI is InChI=1S/C13H26N4O/c1-4-6-17-12-15-11-13(17)10-14-5-8-18-9-7-16(2)3/h11-12,14H,4-10H2,1-3H3. The SMILES string of the molecule is CCCn1cncc1CNCCOCCN(C)C. The Bertz CT molecular complexity index is 312. The van der Waals surface area contributed by atoms with Gasteiger partial charge in [-0.15, -0.1) is 0 Å². The first-order chi connectivity index (χ1) is 8.74. The highest BCUT2D eigenvalue weighted by Crippen LogP contribution is 1.99. The summed E-state index contributed by atoms with van der Waals surface area (Å²) in [7, 11) is 4.10. The molecular weight excluding hydrogens is 228 g/mol. The van der Waals surface area contributed by atoms with Gasteiger partial charge >= 0.3 is 0 Å². The molecule has 0 fully saturated rings. The molecule has 0 unspecified atom stereocenters. The van der Waals surface area contributed by atoms with Crippen molar-refractivity contribution in [3.8, 4) is 0 Å². The molecule has 0 aliphatic rings. The Morgan fingerprint density at radius 1 is 1.39 bits per heavy atom. The third-order valence-corrected chi connectivity index (χ3v) is 2.68. The van der Waals surface area contributed by atoms with Crippen molar-refractivity contribution in [3.05, 3.63) is 18.2 Å². The summed E-state index contributed by atoms with van der Waals surface area (Å²) in [5.74, 6) is 0. The van der Waals surface area contributed by atoms with Crippen molar-refractivity contribution in [2.75, 3.05) is 40.4 Å². The number of rotatable bonds is 10. The summed E-state index contributed by atoms with van der Waals surface area (Å²) in [6.07, 6.45) is 4.96. The minimum atomic E-state index is 0.760. The van der Waals surface area contributed by atoms with E-state index in [0.29, 0.717) is 0 Å². The van der Waals surface area contributed by atoms with Crippen molar-refractivity contribution >= 4 is 0 Å². The van der Waals surface area contributed by atoms with Gasteiger partial charge in [-0.05, 0) is 20.5 Å². The predicted octanol–water partition coefficient (Wildman–Crippen LogP) is 0.961. The average molecular weight is 254 g/mol. The summed E-state index contributed by atoms with van der Waals surface area (Å²) in [6.45, 7) is 7.48. The van der Waals surface area contributed by atoms with Crippen LogP contribution >= 0.6 is 0 Å². The average Bonchev–Trinajstić information content (AvgIpc) is 2.76. The van der Waals surface area contributed by atoms with Gasteiger partial charge in [-0.25, -0.2) is 4.98 Å². The largest absolute Gasteiger partial charge is 0.379 e. The lowest BCUT2D eigenvalue weighted by molar-refractivity contribution is 0.119. The van der Waals surface area contributed by atoms with Crippen LogP contribution in [0.5, 0.6) is 0 Å². The molecule has 0 spiro atoms. The molecular formula is C13H26N4O. The Balaban J connectivity index is 2.05. The maximum Gasteiger partial charge on any atom is 0.0948 e. The van der Waals surface area contributed by atoms with Crippen LogP contribution in [0.3, 0.4) is 0 Å². The first-order valence-electron chi connectivity index (χ1n) is 6.66. The quantitative estimate of drug-likeness (QED) is 0.632. The number of nitrogens with one attached hydrogen (secondary N) is 1. The number of hydrogen-bond donors (Lipinski definition) is 1. The van der Waals surface area contributed by atoms with Crippen molar-refractivity contribution in [2.24, 2.45) is 0 Å². The monoisotopic (exact) mass is 254 g/mol. The number of likely N-dealkylation sites (N-methyl/N-ethyl adjacent to an activating group) is 1. The van der Waals surface area contributed by atoms with Crippen LogP contribution in [0.2, 0.25) is 0 Å². The molecule has 0 bridgehead atoms. The fraction of sp³-hybridized carbons (Fsp3) is 0.769. The van der Waals surface area contributed by atoms with Crippen LogP contribution < -0.4 is 5.32 Å². The molecule has 1 N–H and O–H groups in total. The van der Waals surface area contributed by atoms with Crippen molar-refractivity contribution in [1.82, 2.24) is 19.8 Å². The molecule has 1 rings (SSSR count). The molecule has 0 saturated carbocycles. The minimum Gasteiger partial charge on any atom is -0.379 e. The van der Waals surface area contributed by atoms with Gasteiger partial charge in [0.2, 0.25) is 0 Å². The first-order valence-corrected chi connectivity index (χ1v) is 6.66. The van der Waals surface area contributed by atoms with Crippen LogP contribution in [0, 0.1) is 0 Å². The summed E-state index contributed by atoms with van der Waals surface area (Å²) in [5, 5.41) is 3.38. The zero-order chi connectivity index (χ0) is 13.2. The van der Waals surface area contributed by atoms with Gasteiger partial charge in [0.25, 0.3) is 0 Å². The van der Waals surface area contributed by atoms with E-state index in [1.54, 1.807) is 0 Å². The van der Waals surface area contributed by atoms with Gasteiger partial charge in [-0.1, -0.05) is 6.92 Å². The predicted molar refractivity (Wildman–Crippen MR) is 73.6 cm³/mol. The number of aromatic nitrogens is 2. The maximum atomic E-state index is 5.52. The van der Waals surface area contributed by atoms with Crippen LogP contribution in [0.15, 0.2) is 12.5 Å². The normalized spacial score (nSPS) is 11.3. The van der Waals surface area contributed by atoms with Crippen LogP contribution in [0.4, 0.5) is 0 Å². The van der Waals surface area contributed by atoms with Crippen LogP contribution in [0.1, 0.15) is 19.0 Å². The van der Waals surface area contributed by atoms with E-state index in [1.807, 2.05) is 12.5 Å². The Labute approximate surface area is 110 Å². The molecule has 0 radical (unpaired) electrons. The van der Waals surface area contributed by atoms with Gasteiger partial charge in [0.15, 0.2) is 0 Å². The molecule has 0 saturated heterocycles. The number of nitrogens with zero attached hydrogens (tertiary/aromatic N) is 3. The van der Waals surface area contributed by atoms with E-state index in [9.17, 15) is 0 Å². The molecule has 104 valence electrons. The third-order valence-electron chi connectivity index (χ3n) is 2.68. The van der Waals surface area contributed by atoms with Crippen molar-refractivity contribution in [3.63, 3.8) is 0 Å². The summed E-state index contributed by atoms with van der Waals surface area (Å²) in [4.78, 5) is 6.30. The van der Waals surface area contributed by atoms with Crippen molar-refractivity contribution in [2.45, 2.75) is 26.4 Å². The van der Waals surface area contributed by atoms with E-state index in [0.717, 1.165) is 45.8 Å². The highest BCUT2D eigenvalue weighted by Gasteiger charge is 2.00. The number of ether oxygens (including phenoxy) is 1. The lowest BCUT2D eigenvalue weighted by Crippen LogP contribution is -2.23. The van der Waals surface area contributed by atoms with E-state index in [-0.39, 0.29) is 0 Å². The van der Waals surface area contributed by atoms with Gasteiger partial charge in [-0.2, -0.15) is 0 Å². The number of imidazole rings is 1. The topological polar surface area (TPSA) is 42.3 Å². The van der Waals surface area contributed by atoms with E-state index < -0.39 is 0 Å². The molecule has 0 aromatic carbocycles. The molecule has 5 heteroatoms. The number of aryl methyl sites for hydroxylation is 1. The molecule has 1 aromatic heterocycles. The highest BCUT2D eigenvalue weighted by atomic mass is 16.5. The van der Waals surface area contributed by atoms with E-state index >= 15 is 0 Å². The molecule has 5 nitrogen and oxygen atoms in total. The summed E-state index contributed by atoms with van der Waals surface area (Å²) in [6, 6.07) is 0. The molecule has 0 amide bonds. The molecule has 0 atom stereocenters. The molecule has 1 aromatic rings. The second kappa shape index (κ2) is 9.08. The fourth-order valence-electron chi connectivity index (χ4n) is 1.65. The minimum absolute atomic E-state index is 0.760. The van der Waals surface area contributed by atoms with Gasteiger partial charge in [0, 0.05) is 32.4 Å². The van der Waals surface area contributed by atoms with Gasteiger partial charge in [0.1, 0.15) is 0 Å². The Morgan fingerprint density at radius 2 is 2.22 bits per heavy atom. The third kappa shape index (κ3) is 6.14. The first kappa shape index (κ1) is 15.1. The highest BCUT2D eigenvalue weighted by molar-refractivity contribution is 4.97. The smallest absolute Gasteiger partial charge is 0.0948 e. The zero-order valence-electron chi connectivity index (χ0n) is 11.9. The number of hydrogen-bond acceptors (Lipinski definition) is 4. The second-order valence-electron chi connectivity index (χ2n) is 4.67. The Kier molecular flexibility index (Phi) is 7.64. The Hall–Kier alpha value is -0.910. The van der Waals surface area contributed by atoms with E-state index in [4.69, 9.17) is 4.74 Å². The van der Waals surface area contributed by atoms with Crippen LogP contribution in [-0.4, -0.2) is 54.8 Å². The fourth-order valence-corrected chi connectivity index (χ4v) is 1.65. The van der Waals surface area contributed by atoms with Crippen LogP contribution in [0.25, 0.3) is 0 Å². The second-order valence-corrected chi connectivity index (χ2v) is 4.67. The van der Waals surface area contributed by atoms with Gasteiger partial charge in [0.05, 0.1) is 25.2 Å². The molecule has 0 aliphatic carbocycles. The maximum absolute atomic E-state index is 5.52. The van der Waals surface area contributed by atoms with E-state index in [2.05, 4.69) is 40.8 Å². The Morgan fingerprint density at radius 3 is 2.94 bits per heavy atom. The molecule has 1 heterocycles. The molecule has 0 aliphatic heterocycles. The summed E-state index contributed by atoms with van der Waals surface area (Å²) >= 11 is 0. The van der Waals surface area contributed by atoms with E-state index in [1.165, 1.54) is 5.69 Å². The van der Waals surface area contributed by atoms with Crippen molar-refractivity contribution in [1.29, 1.82) is 0 Å². The zero-order valence-corrected chi connectivity index (χ0v) is 11.9. The molecule has 18 heavy (non-hydrogen) atoms. The van der Waals surface area contributed by atoms with Crippen LogP contribution in [-0.2, 0) is 17.8 Å². The van der Waals surface area contributed by atoms with Gasteiger partial charge in [-0.3, -0.25) is 0 Å². The van der Waals surface area contributed by atoms with Crippen molar-refractivity contribution < 1.29 is 4.74 Å². The van der Waals surface area contributed by atoms with Gasteiger partial charge < -0.3 is 19.5 Å². The lowest BCUT2D eigenvalue weighted by atomic mass is 10.4.